The number of fused-ring (bicyclic) bond motifs is 1. The molecule has 2 aromatic carbocycles. The highest BCUT2D eigenvalue weighted by molar-refractivity contribution is 6.05. The van der Waals surface area contributed by atoms with Gasteiger partial charge in [-0.25, -0.2) is 0 Å². The third-order valence-electron chi connectivity index (χ3n) is 3.51. The van der Waals surface area contributed by atoms with Gasteiger partial charge in [-0.05, 0) is 56.2 Å². The molecule has 0 aliphatic heterocycles. The van der Waals surface area contributed by atoms with Crippen LogP contribution in [0.4, 0.5) is 5.69 Å². The van der Waals surface area contributed by atoms with Crippen LogP contribution in [-0.2, 0) is 0 Å². The van der Waals surface area contributed by atoms with Gasteiger partial charge in [0.2, 0.25) is 0 Å². The molecule has 118 valence electrons. The highest BCUT2D eigenvalue weighted by atomic mass is 16.5. The number of para-hydroxylation sites is 1. The Morgan fingerprint density at radius 3 is 2.57 bits per heavy atom. The number of ether oxygens (including phenoxy) is 1. The number of hydrogen-bond acceptors (Lipinski definition) is 3. The number of hydrogen-bond donors (Lipinski definition) is 1. The van der Waals surface area contributed by atoms with Crippen molar-refractivity contribution in [3.05, 3.63) is 59.4 Å². The molecule has 1 amide bonds. The van der Waals surface area contributed by atoms with Crippen LogP contribution in [0.5, 0.6) is 5.75 Å². The first kappa shape index (κ1) is 15.2. The molecule has 0 radical (unpaired) electrons. The molecule has 0 bridgehead atoms. The van der Waals surface area contributed by atoms with Gasteiger partial charge in [-0.1, -0.05) is 18.2 Å². The number of nitrogens with one attached hydrogen (secondary N) is 1. The maximum atomic E-state index is 12.4. The fourth-order valence-corrected chi connectivity index (χ4v) is 2.66. The third kappa shape index (κ3) is 3.21. The zero-order valence-electron chi connectivity index (χ0n) is 13.5. The van der Waals surface area contributed by atoms with E-state index in [0.717, 1.165) is 22.2 Å². The van der Waals surface area contributed by atoms with Gasteiger partial charge in [0.25, 0.3) is 5.91 Å². The van der Waals surface area contributed by atoms with Crippen LogP contribution in [0, 0.1) is 13.8 Å². The maximum Gasteiger partial charge on any atom is 0.291 e. The molecule has 0 unspecified atom stereocenters. The van der Waals surface area contributed by atoms with E-state index in [0.29, 0.717) is 17.9 Å². The Kier molecular flexibility index (Phi) is 4.06. The van der Waals surface area contributed by atoms with E-state index in [1.54, 1.807) is 6.07 Å². The molecule has 0 aliphatic rings. The number of benzene rings is 2. The summed E-state index contributed by atoms with van der Waals surface area (Å²) < 4.78 is 11.2. The number of aryl methyl sites for hydroxylation is 2. The summed E-state index contributed by atoms with van der Waals surface area (Å²) >= 11 is 0. The monoisotopic (exact) mass is 309 g/mol. The van der Waals surface area contributed by atoms with Crippen LogP contribution in [0.1, 0.15) is 28.6 Å². The summed E-state index contributed by atoms with van der Waals surface area (Å²) in [7, 11) is 0. The fourth-order valence-electron chi connectivity index (χ4n) is 2.66. The molecule has 3 aromatic rings. The van der Waals surface area contributed by atoms with E-state index < -0.39 is 0 Å². The largest absolute Gasteiger partial charge is 0.490 e. The van der Waals surface area contributed by atoms with Crippen LogP contribution in [0.3, 0.4) is 0 Å². The van der Waals surface area contributed by atoms with Gasteiger partial charge in [0.05, 0.1) is 6.61 Å². The van der Waals surface area contributed by atoms with Crippen molar-refractivity contribution in [3.8, 4) is 5.75 Å². The summed E-state index contributed by atoms with van der Waals surface area (Å²) in [4.78, 5) is 12.4. The summed E-state index contributed by atoms with van der Waals surface area (Å²) in [5, 5.41) is 3.73. The van der Waals surface area contributed by atoms with Gasteiger partial charge in [0.15, 0.2) is 17.1 Å². The van der Waals surface area contributed by atoms with Gasteiger partial charge in [0, 0.05) is 11.1 Å². The van der Waals surface area contributed by atoms with Crippen molar-refractivity contribution in [2.45, 2.75) is 20.8 Å². The van der Waals surface area contributed by atoms with Gasteiger partial charge >= 0.3 is 0 Å². The number of rotatable bonds is 4. The van der Waals surface area contributed by atoms with Gasteiger partial charge in [-0.15, -0.1) is 0 Å². The van der Waals surface area contributed by atoms with E-state index >= 15 is 0 Å². The third-order valence-corrected chi connectivity index (χ3v) is 3.51. The summed E-state index contributed by atoms with van der Waals surface area (Å²) in [5.41, 5.74) is 3.56. The van der Waals surface area contributed by atoms with E-state index in [9.17, 15) is 4.79 Å². The standard InChI is InChI=1S/C19H19NO3/c1-4-22-16-7-5-6-14-11-17(23-18(14)16)19(21)20-15-9-12(2)8-13(3)10-15/h5-11H,4H2,1-3H3,(H,20,21). The molecule has 4 nitrogen and oxygen atoms in total. The molecular formula is C19H19NO3. The molecule has 3 rings (SSSR count). The molecule has 1 N–H and O–H groups in total. The smallest absolute Gasteiger partial charge is 0.291 e. The normalized spacial score (nSPS) is 10.7. The predicted octanol–water partition coefficient (Wildman–Crippen LogP) is 4.70. The van der Waals surface area contributed by atoms with Crippen molar-refractivity contribution in [1.82, 2.24) is 0 Å². The maximum absolute atomic E-state index is 12.4. The van der Waals surface area contributed by atoms with Crippen LogP contribution >= 0.6 is 0 Å². The highest BCUT2D eigenvalue weighted by Crippen LogP contribution is 2.29. The predicted molar refractivity (Wildman–Crippen MR) is 91.3 cm³/mol. The van der Waals surface area contributed by atoms with E-state index in [2.05, 4.69) is 11.4 Å². The Balaban J connectivity index is 1.90. The van der Waals surface area contributed by atoms with E-state index in [4.69, 9.17) is 9.15 Å². The minimum atomic E-state index is -0.270. The second kappa shape index (κ2) is 6.16. The number of anilines is 1. The highest BCUT2D eigenvalue weighted by Gasteiger charge is 2.15. The average Bonchev–Trinajstić information content (AvgIpc) is 2.91. The van der Waals surface area contributed by atoms with Crippen molar-refractivity contribution < 1.29 is 13.9 Å². The van der Waals surface area contributed by atoms with Gasteiger partial charge in [-0.2, -0.15) is 0 Å². The molecule has 0 saturated heterocycles. The van der Waals surface area contributed by atoms with Gasteiger partial charge in [-0.3, -0.25) is 4.79 Å². The van der Waals surface area contributed by atoms with E-state index in [1.165, 1.54) is 0 Å². The quantitative estimate of drug-likeness (QED) is 0.760. The first-order valence-electron chi connectivity index (χ1n) is 7.62. The molecule has 1 aromatic heterocycles. The van der Waals surface area contributed by atoms with Crippen molar-refractivity contribution in [2.24, 2.45) is 0 Å². The molecule has 0 saturated carbocycles. The second-order valence-electron chi connectivity index (χ2n) is 5.55. The Bertz CT molecular complexity index is 844. The van der Waals surface area contributed by atoms with Crippen LogP contribution < -0.4 is 10.1 Å². The first-order valence-corrected chi connectivity index (χ1v) is 7.62. The Labute approximate surface area is 135 Å². The van der Waals surface area contributed by atoms with Crippen LogP contribution in [0.25, 0.3) is 11.0 Å². The van der Waals surface area contributed by atoms with E-state index in [-0.39, 0.29) is 11.7 Å². The number of amides is 1. The molecule has 0 fully saturated rings. The summed E-state index contributed by atoms with van der Waals surface area (Å²) in [6.45, 7) is 6.45. The number of carbonyl (C=O) groups excluding carboxylic acids is 1. The van der Waals surface area contributed by atoms with Crippen LogP contribution in [0.15, 0.2) is 46.9 Å². The van der Waals surface area contributed by atoms with Crippen molar-refractivity contribution in [3.63, 3.8) is 0 Å². The molecule has 0 atom stereocenters. The molecule has 0 spiro atoms. The lowest BCUT2D eigenvalue weighted by Crippen LogP contribution is -2.11. The van der Waals surface area contributed by atoms with E-state index in [1.807, 2.05) is 51.1 Å². The summed E-state index contributed by atoms with van der Waals surface area (Å²) in [6.07, 6.45) is 0. The first-order chi connectivity index (χ1) is 11.1. The number of carbonyl (C=O) groups is 1. The molecule has 4 heteroatoms. The van der Waals surface area contributed by atoms with Crippen LogP contribution in [0.2, 0.25) is 0 Å². The van der Waals surface area contributed by atoms with Crippen molar-refractivity contribution in [2.75, 3.05) is 11.9 Å². The lowest BCUT2D eigenvalue weighted by molar-refractivity contribution is 0.0998. The zero-order valence-corrected chi connectivity index (χ0v) is 13.5. The number of furan rings is 1. The fraction of sp³-hybridized carbons (Fsp3) is 0.211. The second-order valence-corrected chi connectivity index (χ2v) is 5.55. The molecule has 23 heavy (non-hydrogen) atoms. The lowest BCUT2D eigenvalue weighted by atomic mass is 10.1. The Hall–Kier alpha value is -2.75. The molecule has 1 heterocycles. The Morgan fingerprint density at radius 2 is 1.87 bits per heavy atom. The topological polar surface area (TPSA) is 51.5 Å². The van der Waals surface area contributed by atoms with Gasteiger partial charge < -0.3 is 14.5 Å². The average molecular weight is 309 g/mol. The van der Waals surface area contributed by atoms with Gasteiger partial charge in [0.1, 0.15) is 0 Å². The van der Waals surface area contributed by atoms with Crippen LogP contribution in [-0.4, -0.2) is 12.5 Å². The van der Waals surface area contributed by atoms with Crippen molar-refractivity contribution >= 4 is 22.6 Å². The van der Waals surface area contributed by atoms with Crippen molar-refractivity contribution in [1.29, 1.82) is 0 Å². The summed E-state index contributed by atoms with van der Waals surface area (Å²) in [5.74, 6) is 0.649. The summed E-state index contributed by atoms with van der Waals surface area (Å²) in [6, 6.07) is 13.3. The molecular weight excluding hydrogens is 290 g/mol. The Morgan fingerprint density at radius 1 is 1.13 bits per heavy atom. The minimum absolute atomic E-state index is 0.270. The lowest BCUT2D eigenvalue weighted by Gasteiger charge is -2.06. The SMILES string of the molecule is CCOc1cccc2cc(C(=O)Nc3cc(C)cc(C)c3)oc12. The minimum Gasteiger partial charge on any atom is -0.490 e. The molecule has 0 aliphatic carbocycles. The zero-order chi connectivity index (χ0) is 16.4.